The molecule has 1 aromatic carbocycles. The highest BCUT2D eigenvalue weighted by Gasteiger charge is 2.64. The van der Waals surface area contributed by atoms with Gasteiger partial charge in [-0.05, 0) is 36.7 Å². The molecule has 0 spiro atoms. The topological polar surface area (TPSA) is 63.4 Å². The Morgan fingerprint density at radius 2 is 1.57 bits per heavy atom. The first-order valence-electron chi connectivity index (χ1n) is 7.83. The quantitative estimate of drug-likeness (QED) is 0.848. The van der Waals surface area contributed by atoms with Gasteiger partial charge in [-0.3, -0.25) is 14.5 Å². The smallest absolute Gasteiger partial charge is 0.233 e. The lowest BCUT2D eigenvalue weighted by molar-refractivity contribution is -0.140. The van der Waals surface area contributed by atoms with Crippen LogP contribution in [0.15, 0.2) is 30.3 Å². The molecule has 4 nitrogen and oxygen atoms in total. The third kappa shape index (κ3) is 1.78. The first kappa shape index (κ1) is 13.0. The van der Waals surface area contributed by atoms with E-state index in [4.69, 9.17) is 5.73 Å². The van der Waals surface area contributed by atoms with Crippen LogP contribution in [0.3, 0.4) is 0 Å². The van der Waals surface area contributed by atoms with Crippen molar-refractivity contribution >= 4 is 11.8 Å². The highest BCUT2D eigenvalue weighted by Crippen LogP contribution is 2.55. The van der Waals surface area contributed by atoms with E-state index in [9.17, 15) is 9.59 Å². The van der Waals surface area contributed by atoms with Crippen molar-refractivity contribution in [1.29, 1.82) is 0 Å². The fourth-order valence-corrected chi connectivity index (χ4v) is 4.71. The van der Waals surface area contributed by atoms with Crippen LogP contribution in [0.25, 0.3) is 0 Å². The molecule has 1 saturated heterocycles. The van der Waals surface area contributed by atoms with Crippen molar-refractivity contribution in [2.24, 2.45) is 29.4 Å². The molecular weight excluding hydrogens is 264 g/mol. The van der Waals surface area contributed by atoms with Gasteiger partial charge in [0.1, 0.15) is 0 Å². The van der Waals surface area contributed by atoms with Crippen LogP contribution >= 0.6 is 0 Å². The number of nitrogens with two attached hydrogens (primary N) is 1. The largest absolute Gasteiger partial charge is 0.327 e. The first-order valence-corrected chi connectivity index (χ1v) is 7.83. The minimum absolute atomic E-state index is 0.0311. The number of imide groups is 1. The van der Waals surface area contributed by atoms with Crippen LogP contribution in [0.1, 0.15) is 18.4 Å². The summed E-state index contributed by atoms with van der Waals surface area (Å²) in [5, 5.41) is 0. The number of likely N-dealkylation sites (tertiary alicyclic amines) is 1. The average molecular weight is 284 g/mol. The third-order valence-corrected chi connectivity index (χ3v) is 5.70. The molecule has 2 aliphatic carbocycles. The molecule has 1 unspecified atom stereocenters. The number of hydrogen-bond acceptors (Lipinski definition) is 3. The number of carbonyl (C=O) groups excluding carboxylic acids is 2. The highest BCUT2D eigenvalue weighted by molar-refractivity contribution is 6.06. The second-order valence-corrected chi connectivity index (χ2v) is 6.60. The number of hydrogen-bond donors (Lipinski definition) is 1. The normalized spacial score (nSPS) is 37.4. The second-order valence-electron chi connectivity index (χ2n) is 6.60. The molecule has 2 bridgehead atoms. The molecule has 3 aliphatic rings. The van der Waals surface area contributed by atoms with Crippen molar-refractivity contribution in [1.82, 2.24) is 4.90 Å². The Bertz CT molecular complexity index is 556. The van der Waals surface area contributed by atoms with Crippen molar-refractivity contribution in [2.45, 2.75) is 25.3 Å². The molecule has 1 aliphatic heterocycles. The monoisotopic (exact) mass is 284 g/mol. The summed E-state index contributed by atoms with van der Waals surface area (Å²) in [4.78, 5) is 26.7. The molecule has 110 valence electrons. The Morgan fingerprint density at radius 3 is 2.14 bits per heavy atom. The third-order valence-electron chi connectivity index (χ3n) is 5.70. The van der Waals surface area contributed by atoms with Crippen molar-refractivity contribution in [2.75, 3.05) is 6.54 Å². The highest BCUT2D eigenvalue weighted by atomic mass is 16.2. The van der Waals surface area contributed by atoms with Crippen LogP contribution in [-0.4, -0.2) is 29.3 Å². The van der Waals surface area contributed by atoms with E-state index < -0.39 is 0 Å². The van der Waals surface area contributed by atoms with E-state index in [0.717, 1.165) is 24.8 Å². The molecule has 5 atom stereocenters. The Kier molecular flexibility index (Phi) is 2.89. The molecule has 21 heavy (non-hydrogen) atoms. The van der Waals surface area contributed by atoms with Crippen molar-refractivity contribution in [3.05, 3.63) is 35.9 Å². The molecule has 4 rings (SSSR count). The molecule has 0 aromatic heterocycles. The van der Waals surface area contributed by atoms with Gasteiger partial charge in [0, 0.05) is 12.6 Å². The maximum absolute atomic E-state index is 12.6. The summed E-state index contributed by atoms with van der Waals surface area (Å²) in [5.41, 5.74) is 7.35. The van der Waals surface area contributed by atoms with Crippen LogP contribution in [0.5, 0.6) is 0 Å². The lowest BCUT2D eigenvalue weighted by Crippen LogP contribution is -2.38. The van der Waals surface area contributed by atoms with E-state index in [0.29, 0.717) is 6.54 Å². The molecule has 1 heterocycles. The minimum atomic E-state index is -0.123. The van der Waals surface area contributed by atoms with Gasteiger partial charge in [-0.2, -0.15) is 0 Å². The van der Waals surface area contributed by atoms with Gasteiger partial charge in [0.15, 0.2) is 0 Å². The zero-order valence-electron chi connectivity index (χ0n) is 11.9. The Labute approximate surface area is 124 Å². The molecule has 3 fully saturated rings. The van der Waals surface area contributed by atoms with E-state index in [-0.39, 0.29) is 41.5 Å². The average Bonchev–Trinajstić information content (AvgIpc) is 3.09. The Morgan fingerprint density at radius 1 is 1.00 bits per heavy atom. The summed E-state index contributed by atoms with van der Waals surface area (Å²) in [6, 6.07) is 10.1. The minimum Gasteiger partial charge on any atom is -0.327 e. The second kappa shape index (κ2) is 4.67. The number of amides is 2. The lowest BCUT2D eigenvalue weighted by Gasteiger charge is -2.19. The van der Waals surface area contributed by atoms with Gasteiger partial charge in [-0.1, -0.05) is 30.3 Å². The molecule has 1 aromatic rings. The van der Waals surface area contributed by atoms with E-state index in [1.54, 1.807) is 0 Å². The fraction of sp³-hybridized carbons (Fsp3) is 0.529. The van der Waals surface area contributed by atoms with Crippen molar-refractivity contribution in [3.63, 3.8) is 0 Å². The summed E-state index contributed by atoms with van der Waals surface area (Å²) >= 11 is 0. The van der Waals surface area contributed by atoms with Crippen molar-refractivity contribution in [3.8, 4) is 0 Å². The standard InChI is InChI=1S/C17H20N2O2/c18-15-11-6-7-12(15)14-13(11)16(20)19(17(14)21)9-8-10-4-2-1-3-5-10/h1-5,11-15H,6-9,18H2/t11-,12+,13-,14+,15?. The maximum Gasteiger partial charge on any atom is 0.233 e. The summed E-state index contributed by atoms with van der Waals surface area (Å²) in [6.45, 7) is 0.503. The molecular formula is C17H20N2O2. The number of rotatable bonds is 3. The van der Waals surface area contributed by atoms with E-state index in [1.165, 1.54) is 4.90 Å². The number of nitrogens with zero attached hydrogens (tertiary/aromatic N) is 1. The van der Waals surface area contributed by atoms with E-state index in [2.05, 4.69) is 0 Å². The predicted octanol–water partition coefficient (Wildman–Crippen LogP) is 1.20. The Hall–Kier alpha value is -1.68. The first-order chi connectivity index (χ1) is 10.2. The number of carbonyl (C=O) groups is 2. The Balaban J connectivity index is 1.51. The fourth-order valence-electron chi connectivity index (χ4n) is 4.71. The predicted molar refractivity (Wildman–Crippen MR) is 78.0 cm³/mol. The summed E-state index contributed by atoms with van der Waals surface area (Å²) < 4.78 is 0. The van der Waals surface area contributed by atoms with Gasteiger partial charge in [0.2, 0.25) is 11.8 Å². The summed E-state index contributed by atoms with van der Waals surface area (Å²) in [7, 11) is 0. The summed E-state index contributed by atoms with van der Waals surface area (Å²) in [6.07, 6.45) is 2.76. The van der Waals surface area contributed by atoms with Gasteiger partial charge in [0.05, 0.1) is 11.8 Å². The molecule has 0 radical (unpaired) electrons. The zero-order valence-corrected chi connectivity index (χ0v) is 11.9. The van der Waals surface area contributed by atoms with Crippen LogP contribution < -0.4 is 5.73 Å². The SMILES string of the molecule is NC1[C@H]2CC[C@@H]1[C@H]1C(=O)N(CCc3ccccc3)C(=O)[C@H]12. The molecule has 4 heteroatoms. The van der Waals surface area contributed by atoms with Gasteiger partial charge < -0.3 is 5.73 Å². The summed E-state index contributed by atoms with van der Waals surface area (Å²) in [5.74, 6) is 0.285. The maximum atomic E-state index is 12.6. The van der Waals surface area contributed by atoms with E-state index in [1.807, 2.05) is 30.3 Å². The van der Waals surface area contributed by atoms with Crippen molar-refractivity contribution < 1.29 is 9.59 Å². The van der Waals surface area contributed by atoms with Crippen LogP contribution in [0.2, 0.25) is 0 Å². The van der Waals surface area contributed by atoms with Crippen LogP contribution in [0, 0.1) is 23.7 Å². The van der Waals surface area contributed by atoms with E-state index >= 15 is 0 Å². The number of benzene rings is 1. The van der Waals surface area contributed by atoms with Crippen LogP contribution in [0.4, 0.5) is 0 Å². The lowest BCUT2D eigenvalue weighted by atomic mass is 9.81. The molecule has 2 N–H and O–H groups in total. The van der Waals surface area contributed by atoms with Crippen LogP contribution in [-0.2, 0) is 16.0 Å². The molecule has 2 saturated carbocycles. The molecule has 2 amide bonds. The zero-order chi connectivity index (χ0) is 14.6. The van der Waals surface area contributed by atoms with Gasteiger partial charge >= 0.3 is 0 Å². The van der Waals surface area contributed by atoms with Gasteiger partial charge in [0.25, 0.3) is 0 Å². The van der Waals surface area contributed by atoms with Gasteiger partial charge in [-0.15, -0.1) is 0 Å². The van der Waals surface area contributed by atoms with Gasteiger partial charge in [-0.25, -0.2) is 0 Å². The number of fused-ring (bicyclic) bond motifs is 5.